The number of alkyl halides is 1. The Morgan fingerprint density at radius 2 is 2.36 bits per heavy atom. The zero-order valence-corrected chi connectivity index (χ0v) is 9.05. The van der Waals surface area contributed by atoms with Gasteiger partial charge in [0.1, 0.15) is 5.54 Å². The number of hydrogen-bond acceptors (Lipinski definition) is 3. The van der Waals surface area contributed by atoms with Gasteiger partial charge in [-0.05, 0) is 33.9 Å². The smallest absolute Gasteiger partial charge is 0.326 e. The summed E-state index contributed by atoms with van der Waals surface area (Å²) in [5, 5.41) is 0. The highest BCUT2D eigenvalue weighted by Crippen LogP contribution is 2.34. The van der Waals surface area contributed by atoms with Crippen LogP contribution in [0.25, 0.3) is 0 Å². The number of esters is 1. The molecule has 0 saturated carbocycles. The summed E-state index contributed by atoms with van der Waals surface area (Å²) in [7, 11) is 1.84. The minimum absolute atomic E-state index is 0.230. The normalized spacial score (nSPS) is 33.3. The van der Waals surface area contributed by atoms with Crippen LogP contribution >= 0.6 is 0 Å². The molecule has 1 aliphatic heterocycles. The van der Waals surface area contributed by atoms with Gasteiger partial charge in [-0.2, -0.15) is 0 Å². The lowest BCUT2D eigenvalue weighted by Gasteiger charge is -2.33. The van der Waals surface area contributed by atoms with E-state index in [0.717, 1.165) is 13.0 Å². The number of rotatable bonds is 3. The Hall–Kier alpha value is -0.640. The van der Waals surface area contributed by atoms with Crippen LogP contribution in [-0.2, 0) is 9.53 Å². The molecule has 3 nitrogen and oxygen atoms in total. The van der Waals surface area contributed by atoms with Crippen LogP contribution in [-0.4, -0.2) is 43.3 Å². The third kappa shape index (κ3) is 1.63. The molecule has 14 heavy (non-hydrogen) atoms. The van der Waals surface area contributed by atoms with Crippen LogP contribution in [0.5, 0.6) is 0 Å². The van der Waals surface area contributed by atoms with Gasteiger partial charge in [0, 0.05) is 5.92 Å². The molecular weight excluding hydrogens is 185 g/mol. The number of carbonyl (C=O) groups excluding carboxylic acids is 1. The molecule has 82 valence electrons. The third-order valence-electron chi connectivity index (χ3n) is 3.28. The van der Waals surface area contributed by atoms with Gasteiger partial charge in [0.05, 0.1) is 13.3 Å². The molecule has 0 aromatic heterocycles. The highest BCUT2D eigenvalue weighted by atomic mass is 19.1. The summed E-state index contributed by atoms with van der Waals surface area (Å²) in [4.78, 5) is 13.6. The molecule has 0 radical (unpaired) electrons. The van der Waals surface area contributed by atoms with Gasteiger partial charge >= 0.3 is 5.97 Å². The first-order valence-corrected chi connectivity index (χ1v) is 5.01. The van der Waals surface area contributed by atoms with Crippen molar-refractivity contribution in [3.05, 3.63) is 0 Å². The molecule has 0 bridgehead atoms. The predicted molar refractivity (Wildman–Crippen MR) is 51.8 cm³/mol. The average molecular weight is 203 g/mol. The van der Waals surface area contributed by atoms with Crippen LogP contribution in [0.4, 0.5) is 4.39 Å². The summed E-state index contributed by atoms with van der Waals surface area (Å²) in [6.07, 6.45) is 0.725. The highest BCUT2D eigenvalue weighted by Gasteiger charge is 2.50. The molecule has 4 heteroatoms. The highest BCUT2D eigenvalue weighted by molar-refractivity contribution is 5.81. The molecule has 0 amide bonds. The molecule has 0 unspecified atom stereocenters. The first kappa shape index (κ1) is 11.4. The van der Waals surface area contributed by atoms with Crippen molar-refractivity contribution in [2.75, 3.05) is 26.9 Å². The summed E-state index contributed by atoms with van der Waals surface area (Å²) < 4.78 is 17.7. The van der Waals surface area contributed by atoms with Gasteiger partial charge in [-0.1, -0.05) is 0 Å². The molecule has 1 rings (SSSR count). The number of ether oxygens (including phenoxy) is 1. The largest absolute Gasteiger partial charge is 0.465 e. The lowest BCUT2D eigenvalue weighted by atomic mass is 9.87. The molecule has 1 fully saturated rings. The van der Waals surface area contributed by atoms with E-state index in [1.165, 1.54) is 0 Å². The predicted octanol–water partition coefficient (Wildman–Crippen LogP) is 1.23. The summed E-state index contributed by atoms with van der Waals surface area (Å²) in [5.74, 6) is -0.533. The fourth-order valence-corrected chi connectivity index (χ4v) is 2.00. The zero-order valence-electron chi connectivity index (χ0n) is 9.05. The molecule has 0 aliphatic carbocycles. The van der Waals surface area contributed by atoms with E-state index in [9.17, 15) is 9.18 Å². The van der Waals surface area contributed by atoms with Crippen LogP contribution < -0.4 is 0 Å². The van der Waals surface area contributed by atoms with Crippen molar-refractivity contribution in [2.45, 2.75) is 25.8 Å². The Labute approximate surface area is 84.2 Å². The molecule has 2 atom stereocenters. The van der Waals surface area contributed by atoms with E-state index < -0.39 is 12.2 Å². The quantitative estimate of drug-likeness (QED) is 0.646. The van der Waals surface area contributed by atoms with E-state index in [-0.39, 0.29) is 11.9 Å². The molecule has 1 aliphatic rings. The van der Waals surface area contributed by atoms with Crippen molar-refractivity contribution in [1.29, 1.82) is 0 Å². The van der Waals surface area contributed by atoms with Crippen LogP contribution in [0.15, 0.2) is 0 Å². The SMILES string of the molecule is CCOC(=O)[C@@]1(C)[C@@H](CF)CCN1C. The molecule has 0 aromatic rings. The van der Waals surface area contributed by atoms with Gasteiger partial charge in [0.15, 0.2) is 0 Å². The lowest BCUT2D eigenvalue weighted by Crippen LogP contribution is -2.51. The number of halogens is 1. The molecule has 0 spiro atoms. The van der Waals surface area contributed by atoms with Crippen LogP contribution in [0.1, 0.15) is 20.3 Å². The second-order valence-corrected chi connectivity index (χ2v) is 3.93. The van der Waals surface area contributed by atoms with E-state index in [1.807, 2.05) is 11.9 Å². The second-order valence-electron chi connectivity index (χ2n) is 3.93. The van der Waals surface area contributed by atoms with Gasteiger partial charge in [0.25, 0.3) is 0 Å². The first-order valence-electron chi connectivity index (χ1n) is 5.01. The van der Waals surface area contributed by atoms with Crippen molar-refractivity contribution in [3.63, 3.8) is 0 Å². The minimum Gasteiger partial charge on any atom is -0.465 e. The third-order valence-corrected chi connectivity index (χ3v) is 3.28. The molecular formula is C10H18FNO2. The van der Waals surface area contributed by atoms with Gasteiger partial charge in [0.2, 0.25) is 0 Å². The topological polar surface area (TPSA) is 29.5 Å². The molecule has 1 saturated heterocycles. The number of likely N-dealkylation sites (tertiary alicyclic amines) is 1. The number of nitrogens with zero attached hydrogens (tertiary/aromatic N) is 1. The van der Waals surface area contributed by atoms with Crippen LogP contribution in [0.3, 0.4) is 0 Å². The van der Waals surface area contributed by atoms with Gasteiger partial charge in [-0.3, -0.25) is 14.1 Å². The molecule has 1 heterocycles. The Kier molecular flexibility index (Phi) is 3.48. The summed E-state index contributed by atoms with van der Waals surface area (Å²) in [6.45, 7) is 4.17. The van der Waals surface area contributed by atoms with Crippen molar-refractivity contribution in [2.24, 2.45) is 5.92 Å². The standard InChI is InChI=1S/C10H18FNO2/c1-4-14-9(13)10(2)8(7-11)5-6-12(10)3/h8H,4-7H2,1-3H3/t8-,10-/m1/s1. The van der Waals surface area contributed by atoms with Gasteiger partial charge in [-0.15, -0.1) is 0 Å². The van der Waals surface area contributed by atoms with Crippen LogP contribution in [0, 0.1) is 5.92 Å². The summed E-state index contributed by atoms with van der Waals surface area (Å²) in [5.41, 5.74) is -0.773. The van der Waals surface area contributed by atoms with Crippen molar-refractivity contribution < 1.29 is 13.9 Å². The Bertz CT molecular complexity index is 222. The van der Waals surface area contributed by atoms with Crippen molar-refractivity contribution in [1.82, 2.24) is 4.90 Å². The maximum absolute atomic E-state index is 12.7. The van der Waals surface area contributed by atoms with E-state index >= 15 is 0 Å². The summed E-state index contributed by atoms with van der Waals surface area (Å²) in [6, 6.07) is 0. The first-order chi connectivity index (χ1) is 6.57. The Morgan fingerprint density at radius 1 is 1.71 bits per heavy atom. The van der Waals surface area contributed by atoms with E-state index in [4.69, 9.17) is 4.74 Å². The van der Waals surface area contributed by atoms with E-state index in [1.54, 1.807) is 13.8 Å². The van der Waals surface area contributed by atoms with E-state index in [2.05, 4.69) is 0 Å². The Morgan fingerprint density at radius 3 is 2.86 bits per heavy atom. The van der Waals surface area contributed by atoms with Crippen molar-refractivity contribution >= 4 is 5.97 Å². The maximum Gasteiger partial charge on any atom is 0.326 e. The fraction of sp³-hybridized carbons (Fsp3) is 0.900. The molecule has 0 N–H and O–H groups in total. The number of likely N-dealkylation sites (N-methyl/N-ethyl adjacent to an activating group) is 1. The minimum atomic E-state index is -0.773. The Balaban J connectivity index is 2.81. The fourth-order valence-electron chi connectivity index (χ4n) is 2.00. The van der Waals surface area contributed by atoms with Crippen molar-refractivity contribution in [3.8, 4) is 0 Å². The number of carbonyl (C=O) groups is 1. The number of hydrogen-bond donors (Lipinski definition) is 0. The average Bonchev–Trinajstić information content (AvgIpc) is 2.45. The van der Waals surface area contributed by atoms with Crippen LogP contribution in [0.2, 0.25) is 0 Å². The monoisotopic (exact) mass is 203 g/mol. The van der Waals surface area contributed by atoms with Gasteiger partial charge in [-0.25, -0.2) is 0 Å². The maximum atomic E-state index is 12.7. The second kappa shape index (κ2) is 4.26. The van der Waals surface area contributed by atoms with Gasteiger partial charge < -0.3 is 4.74 Å². The van der Waals surface area contributed by atoms with E-state index in [0.29, 0.717) is 6.61 Å². The lowest BCUT2D eigenvalue weighted by molar-refractivity contribution is -0.157. The molecule has 0 aromatic carbocycles. The zero-order chi connectivity index (χ0) is 10.8. The summed E-state index contributed by atoms with van der Waals surface area (Å²) >= 11 is 0.